The van der Waals surface area contributed by atoms with Crippen molar-refractivity contribution in [2.24, 2.45) is 0 Å². The number of rotatable bonds is 5. The van der Waals surface area contributed by atoms with E-state index in [2.05, 4.69) is 30.0 Å². The average Bonchev–Trinajstić information content (AvgIpc) is 2.78. The largest absolute Gasteiger partial charge is 0.302 e. The molecule has 1 fully saturated rings. The van der Waals surface area contributed by atoms with Crippen LogP contribution in [0.15, 0.2) is 30.3 Å². The van der Waals surface area contributed by atoms with Crippen molar-refractivity contribution in [3.05, 3.63) is 41.7 Å². The Morgan fingerprint density at radius 2 is 2.11 bits per heavy atom. The molecule has 1 aliphatic heterocycles. The molecule has 0 saturated carbocycles. The molecular weight excluding hydrogens is 239 g/mol. The van der Waals surface area contributed by atoms with Crippen LogP contribution < -0.4 is 0 Å². The van der Waals surface area contributed by atoms with Gasteiger partial charge in [0.05, 0.1) is 0 Å². The zero-order valence-corrected chi connectivity index (χ0v) is 11.8. The van der Waals surface area contributed by atoms with Crippen molar-refractivity contribution < 1.29 is 4.39 Å². The number of likely N-dealkylation sites (tertiary alicyclic amines) is 1. The molecule has 1 aliphatic rings. The van der Waals surface area contributed by atoms with Crippen LogP contribution in [0.3, 0.4) is 0 Å². The van der Waals surface area contributed by atoms with Crippen molar-refractivity contribution in [3.8, 4) is 0 Å². The lowest BCUT2D eigenvalue weighted by molar-refractivity contribution is 0.232. The molecule has 1 aromatic rings. The van der Waals surface area contributed by atoms with Crippen molar-refractivity contribution in [3.63, 3.8) is 0 Å². The van der Waals surface area contributed by atoms with E-state index in [1.165, 1.54) is 31.5 Å². The van der Waals surface area contributed by atoms with E-state index in [0.29, 0.717) is 6.04 Å². The lowest BCUT2D eigenvalue weighted by Crippen LogP contribution is -2.36. The number of benzene rings is 1. The average molecular weight is 262 g/mol. The molecule has 1 saturated heterocycles. The fourth-order valence-corrected chi connectivity index (χ4v) is 2.59. The van der Waals surface area contributed by atoms with Gasteiger partial charge in [-0.15, -0.1) is 0 Å². The number of hydrogen-bond donors (Lipinski definition) is 0. The van der Waals surface area contributed by atoms with Crippen LogP contribution in [0.2, 0.25) is 0 Å². The molecule has 0 aliphatic carbocycles. The highest BCUT2D eigenvalue weighted by atomic mass is 19.1. The van der Waals surface area contributed by atoms with Gasteiger partial charge in [-0.1, -0.05) is 24.3 Å². The second-order valence-corrected chi connectivity index (χ2v) is 5.45. The molecule has 1 atom stereocenters. The highest BCUT2D eigenvalue weighted by Crippen LogP contribution is 2.15. The number of nitrogens with zero attached hydrogens (tertiary/aromatic N) is 2. The summed E-state index contributed by atoms with van der Waals surface area (Å²) >= 11 is 0. The van der Waals surface area contributed by atoms with Gasteiger partial charge in [0.2, 0.25) is 0 Å². The van der Waals surface area contributed by atoms with Crippen LogP contribution in [0.5, 0.6) is 0 Å². The summed E-state index contributed by atoms with van der Waals surface area (Å²) in [5.41, 5.74) is 1.05. The summed E-state index contributed by atoms with van der Waals surface area (Å²) < 4.78 is 12.8. The van der Waals surface area contributed by atoms with Crippen LogP contribution in [0.4, 0.5) is 4.39 Å². The fraction of sp³-hybridized carbons (Fsp3) is 0.500. The van der Waals surface area contributed by atoms with E-state index in [1.807, 2.05) is 6.08 Å². The molecule has 0 amide bonds. The van der Waals surface area contributed by atoms with Crippen LogP contribution in [-0.2, 0) is 0 Å². The smallest absolute Gasteiger partial charge is 0.123 e. The predicted octanol–water partition coefficient (Wildman–Crippen LogP) is 2.86. The van der Waals surface area contributed by atoms with E-state index >= 15 is 0 Å². The van der Waals surface area contributed by atoms with Gasteiger partial charge < -0.3 is 9.80 Å². The number of likely N-dealkylation sites (N-methyl/N-ethyl adjacent to an activating group) is 2. The van der Waals surface area contributed by atoms with Crippen LogP contribution >= 0.6 is 0 Å². The lowest BCUT2D eigenvalue weighted by Gasteiger charge is -2.24. The molecular formula is C16H23FN2. The van der Waals surface area contributed by atoms with Crippen molar-refractivity contribution >= 4 is 6.08 Å². The Hall–Kier alpha value is -1.19. The fourth-order valence-electron chi connectivity index (χ4n) is 2.59. The molecule has 2 rings (SSSR count). The molecule has 19 heavy (non-hydrogen) atoms. The monoisotopic (exact) mass is 262 g/mol. The van der Waals surface area contributed by atoms with Crippen LogP contribution in [0.25, 0.3) is 6.08 Å². The minimum absolute atomic E-state index is 0.182. The molecule has 0 bridgehead atoms. The van der Waals surface area contributed by atoms with E-state index in [-0.39, 0.29) is 5.82 Å². The Bertz CT molecular complexity index is 413. The van der Waals surface area contributed by atoms with Gasteiger partial charge in [0.25, 0.3) is 0 Å². The molecule has 0 aromatic heterocycles. The van der Waals surface area contributed by atoms with Gasteiger partial charge in [0.1, 0.15) is 5.82 Å². The molecule has 0 N–H and O–H groups in total. The lowest BCUT2D eigenvalue weighted by atomic mass is 10.2. The molecule has 2 nitrogen and oxygen atoms in total. The van der Waals surface area contributed by atoms with Gasteiger partial charge in [0.15, 0.2) is 0 Å². The summed E-state index contributed by atoms with van der Waals surface area (Å²) in [7, 11) is 4.36. The highest BCUT2D eigenvalue weighted by Gasteiger charge is 2.21. The molecule has 104 valence electrons. The first-order valence-electron chi connectivity index (χ1n) is 6.96. The summed E-state index contributed by atoms with van der Waals surface area (Å²) in [5, 5.41) is 0. The minimum atomic E-state index is -0.182. The van der Waals surface area contributed by atoms with Gasteiger partial charge in [-0.05, 0) is 51.2 Å². The standard InChI is InChI=1S/C16H23FN2/c1-18(13-16-6-4-12-19(16)2)11-3-5-14-7-9-15(17)10-8-14/h3,5,7-10,16H,4,6,11-13H2,1-2H3. The first kappa shape index (κ1) is 14.2. The van der Waals surface area contributed by atoms with Gasteiger partial charge in [-0.2, -0.15) is 0 Å². The summed E-state index contributed by atoms with van der Waals surface area (Å²) in [6.07, 6.45) is 6.82. The molecule has 1 aromatic carbocycles. The number of hydrogen-bond acceptors (Lipinski definition) is 2. The Balaban J connectivity index is 1.76. The molecule has 0 spiro atoms. The molecule has 3 heteroatoms. The number of halogens is 1. The van der Waals surface area contributed by atoms with Gasteiger partial charge >= 0.3 is 0 Å². The molecule has 0 radical (unpaired) electrons. The molecule has 1 heterocycles. The van der Waals surface area contributed by atoms with E-state index in [9.17, 15) is 4.39 Å². The summed E-state index contributed by atoms with van der Waals surface area (Å²) in [4.78, 5) is 4.78. The van der Waals surface area contributed by atoms with Crippen LogP contribution in [-0.4, -0.2) is 49.6 Å². The first-order chi connectivity index (χ1) is 9.15. The maximum atomic E-state index is 12.8. The van der Waals surface area contributed by atoms with E-state index in [1.54, 1.807) is 12.1 Å². The third-order valence-electron chi connectivity index (χ3n) is 3.79. The zero-order chi connectivity index (χ0) is 13.7. The topological polar surface area (TPSA) is 6.48 Å². The van der Waals surface area contributed by atoms with Crippen molar-refractivity contribution in [2.75, 3.05) is 33.7 Å². The normalized spacial score (nSPS) is 20.7. The maximum absolute atomic E-state index is 12.8. The maximum Gasteiger partial charge on any atom is 0.123 e. The minimum Gasteiger partial charge on any atom is -0.302 e. The van der Waals surface area contributed by atoms with E-state index < -0.39 is 0 Å². The Morgan fingerprint density at radius 3 is 2.74 bits per heavy atom. The first-order valence-corrected chi connectivity index (χ1v) is 6.96. The van der Waals surface area contributed by atoms with Gasteiger partial charge in [-0.25, -0.2) is 4.39 Å². The summed E-state index contributed by atoms with van der Waals surface area (Å²) in [5.74, 6) is -0.182. The van der Waals surface area contributed by atoms with Crippen molar-refractivity contribution in [2.45, 2.75) is 18.9 Å². The predicted molar refractivity (Wildman–Crippen MR) is 78.6 cm³/mol. The van der Waals surface area contributed by atoms with E-state index in [4.69, 9.17) is 0 Å². The Kier molecular flexibility index (Phi) is 5.11. The highest BCUT2D eigenvalue weighted by molar-refractivity contribution is 5.48. The van der Waals surface area contributed by atoms with Gasteiger partial charge in [-0.3, -0.25) is 0 Å². The third kappa shape index (κ3) is 4.44. The summed E-state index contributed by atoms with van der Waals surface area (Å²) in [6.45, 7) is 3.27. The van der Waals surface area contributed by atoms with E-state index in [0.717, 1.165) is 18.7 Å². The van der Waals surface area contributed by atoms with Crippen molar-refractivity contribution in [1.82, 2.24) is 9.80 Å². The van der Waals surface area contributed by atoms with Gasteiger partial charge in [0, 0.05) is 19.1 Å². The summed E-state index contributed by atoms with van der Waals surface area (Å²) in [6, 6.07) is 7.30. The second-order valence-electron chi connectivity index (χ2n) is 5.45. The zero-order valence-electron chi connectivity index (χ0n) is 11.8. The van der Waals surface area contributed by atoms with Crippen LogP contribution in [0.1, 0.15) is 18.4 Å². The Labute approximate surface area is 115 Å². The molecule has 1 unspecified atom stereocenters. The second kappa shape index (κ2) is 6.83. The Morgan fingerprint density at radius 1 is 1.37 bits per heavy atom. The quantitative estimate of drug-likeness (QED) is 0.805. The third-order valence-corrected chi connectivity index (χ3v) is 3.79. The van der Waals surface area contributed by atoms with Crippen molar-refractivity contribution in [1.29, 1.82) is 0 Å². The SMILES string of the molecule is CN(CC=Cc1ccc(F)cc1)CC1CCCN1C. The van der Waals surface area contributed by atoms with Crippen LogP contribution in [0, 0.1) is 5.82 Å².